The summed E-state index contributed by atoms with van der Waals surface area (Å²) in [4.78, 5) is 34.8. The summed E-state index contributed by atoms with van der Waals surface area (Å²) in [5, 5.41) is 13.4. The first-order chi connectivity index (χ1) is 14.8. The maximum Gasteiger partial charge on any atom is 0.405 e. The van der Waals surface area contributed by atoms with Crippen molar-refractivity contribution in [3.8, 4) is 0 Å². The van der Waals surface area contributed by atoms with E-state index < -0.39 is 24.7 Å². The van der Waals surface area contributed by atoms with E-state index in [1.165, 1.54) is 17.2 Å². The second-order valence-electron chi connectivity index (χ2n) is 6.88. The predicted octanol–water partition coefficient (Wildman–Crippen LogP) is 2.49. The molecule has 0 saturated heterocycles. The highest BCUT2D eigenvalue weighted by molar-refractivity contribution is 6.02. The van der Waals surface area contributed by atoms with Crippen LogP contribution >= 0.6 is 0 Å². The van der Waals surface area contributed by atoms with Gasteiger partial charge in [0.05, 0.1) is 0 Å². The summed E-state index contributed by atoms with van der Waals surface area (Å²) < 4.78 is 37.3. The molecule has 9 nitrogen and oxygen atoms in total. The Kier molecular flexibility index (Phi) is 7.02. The van der Waals surface area contributed by atoms with Crippen molar-refractivity contribution in [2.24, 2.45) is 0 Å². The van der Waals surface area contributed by atoms with Gasteiger partial charge in [-0.1, -0.05) is 12.1 Å². The largest absolute Gasteiger partial charge is 0.405 e. The molecule has 3 amide bonds. The Balaban J connectivity index is 1.89. The molecule has 0 saturated carbocycles. The van der Waals surface area contributed by atoms with Crippen LogP contribution < -0.4 is 21.0 Å². The minimum Gasteiger partial charge on any atom is -0.342 e. The molecule has 0 aliphatic carbocycles. The molecule has 3 heterocycles. The second-order valence-corrected chi connectivity index (χ2v) is 6.88. The van der Waals surface area contributed by atoms with Gasteiger partial charge in [-0.15, -0.1) is 0 Å². The summed E-state index contributed by atoms with van der Waals surface area (Å²) in [5.41, 5.74) is 2.49. The van der Waals surface area contributed by atoms with E-state index in [0.717, 1.165) is 0 Å². The van der Waals surface area contributed by atoms with Crippen molar-refractivity contribution in [2.75, 3.05) is 23.3 Å². The van der Waals surface area contributed by atoms with Crippen molar-refractivity contribution in [2.45, 2.75) is 31.5 Å². The number of hydrogen-bond acceptors (Lipinski definition) is 6. The standard InChI is InChI=1S/C19H21F3N6O3/c20-19(21,22)11-24-17(29)14-7-5-12-4-6-13(8-10-25-31)28(16(12)26-14)18(30)27-15-3-1-2-9-23-15/h1-3,5,7,9,13,25,31H,4,6,8,10-11H2,(H,24,29)(H,23,27,30)/t13-/m1/s1. The summed E-state index contributed by atoms with van der Waals surface area (Å²) in [6.07, 6.45) is -1.53. The number of alkyl halides is 3. The van der Waals surface area contributed by atoms with Gasteiger partial charge in [0.2, 0.25) is 0 Å². The van der Waals surface area contributed by atoms with Crippen molar-refractivity contribution >= 4 is 23.6 Å². The molecule has 1 aliphatic heterocycles. The fraction of sp³-hybridized carbons (Fsp3) is 0.368. The van der Waals surface area contributed by atoms with Gasteiger partial charge >= 0.3 is 12.2 Å². The lowest BCUT2D eigenvalue weighted by molar-refractivity contribution is -0.123. The molecule has 3 rings (SSSR count). The van der Waals surface area contributed by atoms with Gasteiger partial charge in [0.25, 0.3) is 5.91 Å². The molecule has 166 valence electrons. The minimum absolute atomic E-state index is 0.183. The Morgan fingerprint density at radius 1 is 1.23 bits per heavy atom. The fourth-order valence-electron chi connectivity index (χ4n) is 3.28. The molecule has 2 aromatic rings. The quantitative estimate of drug-likeness (QED) is 0.515. The van der Waals surface area contributed by atoms with Gasteiger partial charge in [0.15, 0.2) is 0 Å². The lowest BCUT2D eigenvalue weighted by Crippen LogP contribution is -2.48. The SMILES string of the molecule is O=C(NCC(F)(F)F)c1ccc2c(n1)N(C(=O)Nc1ccccn1)[C@@H](CCNO)CC2. The van der Waals surface area contributed by atoms with E-state index in [-0.39, 0.29) is 24.1 Å². The van der Waals surface area contributed by atoms with E-state index in [9.17, 15) is 22.8 Å². The third kappa shape index (κ3) is 5.89. The minimum atomic E-state index is -4.55. The van der Waals surface area contributed by atoms with Crippen LogP contribution in [0.2, 0.25) is 0 Å². The van der Waals surface area contributed by atoms with E-state index in [1.807, 2.05) is 5.48 Å². The molecule has 0 fully saturated rings. The number of amides is 3. The molecule has 0 radical (unpaired) electrons. The average Bonchev–Trinajstić information content (AvgIpc) is 2.75. The number of rotatable bonds is 6. The van der Waals surface area contributed by atoms with E-state index >= 15 is 0 Å². The van der Waals surface area contributed by atoms with Gasteiger partial charge in [-0.05, 0) is 43.0 Å². The number of carbonyl (C=O) groups excluding carboxylic acids is 2. The third-order valence-corrected chi connectivity index (χ3v) is 4.69. The van der Waals surface area contributed by atoms with Gasteiger partial charge in [-0.25, -0.2) is 20.2 Å². The van der Waals surface area contributed by atoms with E-state index in [4.69, 9.17) is 5.21 Å². The van der Waals surface area contributed by atoms with Crippen LogP contribution in [0.15, 0.2) is 36.5 Å². The fourth-order valence-corrected chi connectivity index (χ4v) is 3.28. The molecule has 4 N–H and O–H groups in total. The van der Waals surface area contributed by atoms with Gasteiger partial charge in [-0.3, -0.25) is 15.0 Å². The maximum atomic E-state index is 13.0. The highest BCUT2D eigenvalue weighted by Crippen LogP contribution is 2.31. The molecule has 1 aliphatic rings. The number of carbonyl (C=O) groups is 2. The molecule has 12 heteroatoms. The lowest BCUT2D eigenvalue weighted by atomic mass is 9.96. The van der Waals surface area contributed by atoms with Crippen LogP contribution in [-0.2, 0) is 6.42 Å². The van der Waals surface area contributed by atoms with Gasteiger partial charge in [-0.2, -0.15) is 13.2 Å². The Bertz CT molecular complexity index is 926. The molecule has 0 unspecified atom stereocenters. The number of fused-ring (bicyclic) bond motifs is 1. The normalized spacial score (nSPS) is 15.9. The lowest BCUT2D eigenvalue weighted by Gasteiger charge is -2.36. The summed E-state index contributed by atoms with van der Waals surface area (Å²) in [7, 11) is 0. The molecule has 1 atom stereocenters. The number of aryl methyl sites for hydroxylation is 1. The van der Waals surface area contributed by atoms with Crippen molar-refractivity contribution < 1.29 is 28.0 Å². The van der Waals surface area contributed by atoms with Crippen LogP contribution in [0.4, 0.5) is 29.6 Å². The molecule has 0 bridgehead atoms. The highest BCUT2D eigenvalue weighted by Gasteiger charge is 2.33. The van der Waals surface area contributed by atoms with Gasteiger partial charge in [0, 0.05) is 18.8 Å². The predicted molar refractivity (Wildman–Crippen MR) is 105 cm³/mol. The number of hydroxylamine groups is 1. The first kappa shape index (κ1) is 22.4. The van der Waals surface area contributed by atoms with E-state index in [0.29, 0.717) is 30.6 Å². The molecule has 0 spiro atoms. The maximum absolute atomic E-state index is 13.0. The van der Waals surface area contributed by atoms with Crippen LogP contribution in [0.5, 0.6) is 0 Å². The number of nitrogens with zero attached hydrogens (tertiary/aromatic N) is 3. The zero-order valence-electron chi connectivity index (χ0n) is 16.3. The zero-order valence-corrected chi connectivity index (χ0v) is 16.3. The molecule has 0 aromatic carbocycles. The van der Waals surface area contributed by atoms with Gasteiger partial charge in [0.1, 0.15) is 23.9 Å². The number of hydrogen-bond donors (Lipinski definition) is 4. The summed E-state index contributed by atoms with van der Waals surface area (Å²) in [6.45, 7) is -1.28. The number of halogens is 3. The monoisotopic (exact) mass is 438 g/mol. The van der Waals surface area contributed by atoms with Gasteiger partial charge < -0.3 is 10.5 Å². The Morgan fingerprint density at radius 3 is 2.71 bits per heavy atom. The highest BCUT2D eigenvalue weighted by atomic mass is 19.4. The second kappa shape index (κ2) is 9.71. The zero-order chi connectivity index (χ0) is 22.4. The number of urea groups is 1. The Hall–Kier alpha value is -3.25. The Morgan fingerprint density at radius 2 is 2.03 bits per heavy atom. The number of anilines is 2. The summed E-state index contributed by atoms with van der Waals surface area (Å²) in [5.74, 6) is -0.510. The van der Waals surface area contributed by atoms with Crippen LogP contribution in [0.3, 0.4) is 0 Å². The molecular formula is C19H21F3N6O3. The number of aromatic nitrogens is 2. The molecule has 2 aromatic heterocycles. The van der Waals surface area contributed by atoms with Crippen molar-refractivity contribution in [1.82, 2.24) is 20.8 Å². The van der Waals surface area contributed by atoms with Crippen molar-refractivity contribution in [3.63, 3.8) is 0 Å². The number of nitrogens with one attached hydrogen (secondary N) is 3. The third-order valence-electron chi connectivity index (χ3n) is 4.69. The smallest absolute Gasteiger partial charge is 0.342 e. The van der Waals surface area contributed by atoms with E-state index in [1.54, 1.807) is 29.6 Å². The number of pyridine rings is 2. The summed E-state index contributed by atoms with van der Waals surface area (Å²) in [6, 6.07) is 6.97. The van der Waals surface area contributed by atoms with Crippen LogP contribution in [0, 0.1) is 0 Å². The van der Waals surface area contributed by atoms with E-state index in [2.05, 4.69) is 15.3 Å². The molecule has 31 heavy (non-hydrogen) atoms. The first-order valence-corrected chi connectivity index (χ1v) is 9.51. The van der Waals surface area contributed by atoms with Crippen molar-refractivity contribution in [3.05, 3.63) is 47.8 Å². The molecular weight excluding hydrogens is 417 g/mol. The van der Waals surface area contributed by atoms with Crippen LogP contribution in [-0.4, -0.2) is 52.4 Å². The Labute approximate surface area is 175 Å². The first-order valence-electron chi connectivity index (χ1n) is 9.51. The topological polar surface area (TPSA) is 119 Å². The van der Waals surface area contributed by atoms with Crippen LogP contribution in [0.25, 0.3) is 0 Å². The average molecular weight is 438 g/mol. The van der Waals surface area contributed by atoms with Crippen molar-refractivity contribution in [1.29, 1.82) is 0 Å². The summed E-state index contributed by atoms with van der Waals surface area (Å²) >= 11 is 0. The van der Waals surface area contributed by atoms with Crippen LogP contribution in [0.1, 0.15) is 28.9 Å².